The molecule has 6 heteroatoms. The zero-order chi connectivity index (χ0) is 13.0. The quantitative estimate of drug-likeness (QED) is 0.740. The SMILES string of the molecule is CN1C[C@H](C(=O)NCCCn2ccnc2)CC1=O. The van der Waals surface area contributed by atoms with Crippen molar-refractivity contribution in [2.24, 2.45) is 5.92 Å². The maximum atomic E-state index is 11.8. The molecule has 6 nitrogen and oxygen atoms in total. The first kappa shape index (κ1) is 12.6. The van der Waals surface area contributed by atoms with Gasteiger partial charge in [-0.05, 0) is 6.42 Å². The number of hydrogen-bond acceptors (Lipinski definition) is 3. The lowest BCUT2D eigenvalue weighted by Gasteiger charge is -2.11. The molecule has 1 aromatic rings. The van der Waals surface area contributed by atoms with Gasteiger partial charge in [0.25, 0.3) is 0 Å². The average molecular weight is 250 g/mol. The maximum Gasteiger partial charge on any atom is 0.225 e. The largest absolute Gasteiger partial charge is 0.356 e. The highest BCUT2D eigenvalue weighted by molar-refractivity contribution is 5.89. The van der Waals surface area contributed by atoms with Gasteiger partial charge in [0.15, 0.2) is 0 Å². The summed E-state index contributed by atoms with van der Waals surface area (Å²) in [6, 6.07) is 0. The van der Waals surface area contributed by atoms with Crippen LogP contribution in [0.5, 0.6) is 0 Å². The minimum atomic E-state index is -0.184. The molecular weight excluding hydrogens is 232 g/mol. The van der Waals surface area contributed by atoms with E-state index in [1.807, 2.05) is 10.8 Å². The molecule has 1 saturated heterocycles. The van der Waals surface area contributed by atoms with Gasteiger partial charge in [0.05, 0.1) is 12.2 Å². The second-order valence-electron chi connectivity index (χ2n) is 4.62. The Morgan fingerprint density at radius 2 is 2.44 bits per heavy atom. The zero-order valence-electron chi connectivity index (χ0n) is 10.5. The molecule has 0 bridgehead atoms. The van der Waals surface area contributed by atoms with Crippen molar-refractivity contribution in [1.82, 2.24) is 19.8 Å². The number of nitrogens with one attached hydrogen (secondary N) is 1. The molecule has 0 unspecified atom stereocenters. The maximum absolute atomic E-state index is 11.8. The number of hydrogen-bond donors (Lipinski definition) is 1. The predicted molar refractivity (Wildman–Crippen MR) is 65.6 cm³/mol. The summed E-state index contributed by atoms with van der Waals surface area (Å²) in [6.45, 7) is 2.00. The van der Waals surface area contributed by atoms with Crippen molar-refractivity contribution in [2.45, 2.75) is 19.4 Å². The Kier molecular flexibility index (Phi) is 3.96. The van der Waals surface area contributed by atoms with Crippen molar-refractivity contribution < 1.29 is 9.59 Å². The third-order valence-corrected chi connectivity index (χ3v) is 3.16. The van der Waals surface area contributed by atoms with Gasteiger partial charge in [0.2, 0.25) is 11.8 Å². The van der Waals surface area contributed by atoms with Crippen LogP contribution in [0.2, 0.25) is 0 Å². The first-order valence-corrected chi connectivity index (χ1v) is 6.14. The van der Waals surface area contributed by atoms with Crippen molar-refractivity contribution in [3.63, 3.8) is 0 Å². The third-order valence-electron chi connectivity index (χ3n) is 3.16. The van der Waals surface area contributed by atoms with Crippen LogP contribution in [0.25, 0.3) is 0 Å². The minimum absolute atomic E-state index is 0.0154. The number of imidazole rings is 1. The monoisotopic (exact) mass is 250 g/mol. The summed E-state index contributed by atoms with van der Waals surface area (Å²) in [5.74, 6) is -0.150. The number of carbonyl (C=O) groups excluding carboxylic acids is 2. The summed E-state index contributed by atoms with van der Waals surface area (Å²) in [7, 11) is 1.73. The van der Waals surface area contributed by atoms with E-state index in [2.05, 4.69) is 10.3 Å². The van der Waals surface area contributed by atoms with Crippen LogP contribution < -0.4 is 5.32 Å². The van der Waals surface area contributed by atoms with Crippen LogP contribution in [0.1, 0.15) is 12.8 Å². The number of amides is 2. The zero-order valence-corrected chi connectivity index (χ0v) is 10.5. The minimum Gasteiger partial charge on any atom is -0.356 e. The summed E-state index contributed by atoms with van der Waals surface area (Å²) in [6.07, 6.45) is 6.58. The number of nitrogens with zero attached hydrogens (tertiary/aromatic N) is 3. The van der Waals surface area contributed by atoms with Gasteiger partial charge >= 0.3 is 0 Å². The highest BCUT2D eigenvalue weighted by atomic mass is 16.2. The lowest BCUT2D eigenvalue weighted by atomic mass is 10.1. The fourth-order valence-corrected chi connectivity index (χ4v) is 2.08. The van der Waals surface area contributed by atoms with Crippen molar-refractivity contribution in [3.05, 3.63) is 18.7 Å². The van der Waals surface area contributed by atoms with E-state index in [4.69, 9.17) is 0 Å². The molecule has 0 saturated carbocycles. The first-order valence-electron chi connectivity index (χ1n) is 6.14. The van der Waals surface area contributed by atoms with E-state index in [-0.39, 0.29) is 17.7 Å². The second-order valence-corrected chi connectivity index (χ2v) is 4.62. The molecule has 0 aliphatic carbocycles. The summed E-state index contributed by atoms with van der Waals surface area (Å²) < 4.78 is 1.97. The number of likely N-dealkylation sites (tertiary alicyclic amines) is 1. The fourth-order valence-electron chi connectivity index (χ4n) is 2.08. The van der Waals surface area contributed by atoms with Crippen molar-refractivity contribution in [1.29, 1.82) is 0 Å². The molecule has 2 rings (SSSR count). The van der Waals surface area contributed by atoms with E-state index in [1.54, 1.807) is 24.5 Å². The fraction of sp³-hybridized carbons (Fsp3) is 0.583. The van der Waals surface area contributed by atoms with Crippen LogP contribution in [-0.4, -0.2) is 46.4 Å². The van der Waals surface area contributed by atoms with Crippen LogP contribution in [0.4, 0.5) is 0 Å². The number of aryl methyl sites for hydroxylation is 1. The van der Waals surface area contributed by atoms with E-state index in [0.29, 0.717) is 19.5 Å². The molecule has 1 N–H and O–H groups in total. The lowest BCUT2D eigenvalue weighted by Crippen LogP contribution is -2.33. The summed E-state index contributed by atoms with van der Waals surface area (Å²) >= 11 is 0. The standard InChI is InChI=1S/C12H18N4O2/c1-15-8-10(7-11(15)17)12(18)14-3-2-5-16-6-4-13-9-16/h4,6,9-10H,2-3,5,7-8H2,1H3,(H,14,18)/t10-/m1/s1. The molecule has 0 spiro atoms. The van der Waals surface area contributed by atoms with E-state index < -0.39 is 0 Å². The Bertz CT molecular complexity index is 416. The van der Waals surface area contributed by atoms with E-state index in [0.717, 1.165) is 13.0 Å². The van der Waals surface area contributed by atoms with Crippen molar-refractivity contribution >= 4 is 11.8 Å². The van der Waals surface area contributed by atoms with E-state index in [1.165, 1.54) is 0 Å². The number of aromatic nitrogens is 2. The van der Waals surface area contributed by atoms with E-state index in [9.17, 15) is 9.59 Å². The van der Waals surface area contributed by atoms with Crippen LogP contribution in [0.15, 0.2) is 18.7 Å². The Hall–Kier alpha value is -1.85. The van der Waals surface area contributed by atoms with Gasteiger partial charge in [0.1, 0.15) is 0 Å². The second kappa shape index (κ2) is 5.66. The Balaban J connectivity index is 1.65. The predicted octanol–water partition coefficient (Wildman–Crippen LogP) is -0.132. The lowest BCUT2D eigenvalue weighted by molar-refractivity contribution is -0.128. The topological polar surface area (TPSA) is 67.2 Å². The third kappa shape index (κ3) is 3.09. The smallest absolute Gasteiger partial charge is 0.225 e. The summed E-state index contributed by atoms with van der Waals surface area (Å²) in [5.41, 5.74) is 0. The van der Waals surface area contributed by atoms with Gasteiger partial charge in [-0.25, -0.2) is 4.98 Å². The van der Waals surface area contributed by atoms with Gasteiger partial charge in [-0.15, -0.1) is 0 Å². The van der Waals surface area contributed by atoms with Crippen LogP contribution in [0.3, 0.4) is 0 Å². The molecule has 1 aliphatic heterocycles. The Labute approximate surface area is 106 Å². The van der Waals surface area contributed by atoms with Gasteiger partial charge < -0.3 is 14.8 Å². The highest BCUT2D eigenvalue weighted by Gasteiger charge is 2.31. The summed E-state index contributed by atoms with van der Waals surface area (Å²) in [5, 5.41) is 2.88. The van der Waals surface area contributed by atoms with Crippen LogP contribution in [0, 0.1) is 5.92 Å². The molecule has 1 fully saturated rings. The Morgan fingerprint density at radius 3 is 3.06 bits per heavy atom. The molecule has 1 atom stereocenters. The van der Waals surface area contributed by atoms with Crippen molar-refractivity contribution in [2.75, 3.05) is 20.1 Å². The Morgan fingerprint density at radius 1 is 1.61 bits per heavy atom. The van der Waals surface area contributed by atoms with Crippen molar-refractivity contribution in [3.8, 4) is 0 Å². The molecule has 98 valence electrons. The molecular formula is C12H18N4O2. The van der Waals surface area contributed by atoms with Gasteiger partial charge in [0, 0.05) is 45.5 Å². The van der Waals surface area contributed by atoms with E-state index >= 15 is 0 Å². The van der Waals surface area contributed by atoms with Gasteiger partial charge in [-0.2, -0.15) is 0 Å². The molecule has 2 heterocycles. The molecule has 1 aromatic heterocycles. The normalized spacial score (nSPS) is 19.3. The van der Waals surface area contributed by atoms with Crippen LogP contribution >= 0.6 is 0 Å². The molecule has 2 amide bonds. The summed E-state index contributed by atoms with van der Waals surface area (Å²) in [4.78, 5) is 28.7. The molecule has 18 heavy (non-hydrogen) atoms. The molecule has 0 radical (unpaired) electrons. The van der Waals surface area contributed by atoms with Crippen LogP contribution in [-0.2, 0) is 16.1 Å². The number of carbonyl (C=O) groups is 2. The highest BCUT2D eigenvalue weighted by Crippen LogP contribution is 2.15. The van der Waals surface area contributed by atoms with Gasteiger partial charge in [-0.1, -0.05) is 0 Å². The molecule has 1 aliphatic rings. The average Bonchev–Trinajstić information content (AvgIpc) is 2.96. The first-order chi connectivity index (χ1) is 8.66. The number of rotatable bonds is 5. The molecule has 0 aromatic carbocycles. The van der Waals surface area contributed by atoms with Gasteiger partial charge in [-0.3, -0.25) is 9.59 Å².